The normalized spacial score (nSPS) is 15.0. The zero-order chi connectivity index (χ0) is 30.0. The lowest BCUT2D eigenvalue weighted by molar-refractivity contribution is -0.139. The molecule has 1 atom stereocenters. The molecule has 42 heavy (non-hydrogen) atoms. The zero-order valence-electron chi connectivity index (χ0n) is 24.0. The van der Waals surface area contributed by atoms with Crippen LogP contribution in [-0.2, 0) is 14.3 Å². The minimum atomic E-state index is -0.651. The fraction of sp³-hybridized carbons (Fsp3) is 0.323. The first-order valence-electron chi connectivity index (χ1n) is 13.7. The van der Waals surface area contributed by atoms with E-state index in [0.29, 0.717) is 29.8 Å². The molecular weight excluding hydrogens is 538 g/mol. The quantitative estimate of drug-likeness (QED) is 0.348. The number of carbonyl (C=O) groups is 3. The standard InChI is InChI=1S/C31H33N5O6/c1-31(2,3)42-30(40)34-17-16-23(19-34)36-27-25(15-14-24(33-27)28(38)32-18-26(37)41-4)35(29(36)39)22-12-10-21(11-13-22)20-8-6-5-7-9-20/h5-15,23H,16-19H2,1-4H3,(H,32,38)/t23-/m0/s1. The second-order valence-corrected chi connectivity index (χ2v) is 11.1. The van der Waals surface area contributed by atoms with Crippen molar-refractivity contribution >= 4 is 29.1 Å². The number of pyridine rings is 1. The monoisotopic (exact) mass is 571 g/mol. The van der Waals surface area contributed by atoms with Gasteiger partial charge in [-0.2, -0.15) is 0 Å². The molecule has 11 nitrogen and oxygen atoms in total. The molecule has 1 aliphatic heterocycles. The maximum Gasteiger partial charge on any atom is 0.410 e. The predicted octanol–water partition coefficient (Wildman–Crippen LogP) is 3.94. The maximum atomic E-state index is 14.1. The topological polar surface area (TPSA) is 125 Å². The molecule has 0 bridgehead atoms. The second-order valence-electron chi connectivity index (χ2n) is 11.1. The van der Waals surface area contributed by atoms with Gasteiger partial charge in [0.15, 0.2) is 5.65 Å². The summed E-state index contributed by atoms with van der Waals surface area (Å²) in [4.78, 5) is 57.3. The number of methoxy groups -OCH3 is 1. The summed E-state index contributed by atoms with van der Waals surface area (Å²) in [5.74, 6) is -1.18. The van der Waals surface area contributed by atoms with Gasteiger partial charge in [-0.25, -0.2) is 14.6 Å². The van der Waals surface area contributed by atoms with Crippen molar-refractivity contribution in [2.45, 2.75) is 38.8 Å². The van der Waals surface area contributed by atoms with E-state index in [2.05, 4.69) is 15.0 Å². The van der Waals surface area contributed by atoms with Crippen molar-refractivity contribution in [2.75, 3.05) is 26.7 Å². The molecule has 11 heteroatoms. The van der Waals surface area contributed by atoms with Crippen LogP contribution in [0.1, 0.15) is 43.7 Å². The van der Waals surface area contributed by atoms with Gasteiger partial charge in [-0.05, 0) is 62.6 Å². The number of rotatable bonds is 6. The van der Waals surface area contributed by atoms with Crippen LogP contribution in [0.15, 0.2) is 71.5 Å². The maximum absolute atomic E-state index is 14.1. The Hall–Kier alpha value is -4.93. The van der Waals surface area contributed by atoms with E-state index in [-0.39, 0.29) is 24.5 Å². The van der Waals surface area contributed by atoms with Crippen molar-refractivity contribution in [3.05, 3.63) is 82.9 Å². The third-order valence-electron chi connectivity index (χ3n) is 6.99. The Balaban J connectivity index is 1.55. The van der Waals surface area contributed by atoms with Crippen molar-refractivity contribution in [1.82, 2.24) is 24.3 Å². The Morgan fingerprint density at radius 2 is 1.67 bits per heavy atom. The van der Waals surface area contributed by atoms with Crippen molar-refractivity contribution in [3.8, 4) is 16.8 Å². The Kier molecular flexibility index (Phi) is 7.84. The van der Waals surface area contributed by atoms with E-state index in [1.54, 1.807) is 40.9 Å². The summed E-state index contributed by atoms with van der Waals surface area (Å²) in [6.07, 6.45) is 0.0557. The van der Waals surface area contributed by atoms with Gasteiger partial charge in [0.2, 0.25) is 0 Å². The van der Waals surface area contributed by atoms with E-state index in [4.69, 9.17) is 4.74 Å². The van der Waals surface area contributed by atoms with Gasteiger partial charge in [0.25, 0.3) is 5.91 Å². The highest BCUT2D eigenvalue weighted by atomic mass is 16.6. The van der Waals surface area contributed by atoms with Crippen LogP contribution in [0.5, 0.6) is 0 Å². The van der Waals surface area contributed by atoms with Crippen molar-refractivity contribution in [1.29, 1.82) is 0 Å². The summed E-state index contributed by atoms with van der Waals surface area (Å²) < 4.78 is 13.2. The first-order valence-corrected chi connectivity index (χ1v) is 13.7. The van der Waals surface area contributed by atoms with Crippen LogP contribution >= 0.6 is 0 Å². The van der Waals surface area contributed by atoms with Crippen LogP contribution in [0.2, 0.25) is 0 Å². The Morgan fingerprint density at radius 1 is 0.976 bits per heavy atom. The molecule has 2 amide bonds. The number of ether oxygens (including phenoxy) is 2. The first kappa shape index (κ1) is 28.6. The summed E-state index contributed by atoms with van der Waals surface area (Å²) in [5.41, 5.74) is 2.55. The average Bonchev–Trinajstić information content (AvgIpc) is 3.57. The third-order valence-corrected chi connectivity index (χ3v) is 6.99. The SMILES string of the molecule is COC(=O)CNC(=O)c1ccc2c(n1)n([C@H]1CCN(C(=O)OC(C)(C)C)C1)c(=O)n2-c1ccc(-c2ccccc2)cc1. The van der Waals surface area contributed by atoms with E-state index in [1.165, 1.54) is 13.2 Å². The number of aromatic nitrogens is 3. The number of amides is 2. The summed E-state index contributed by atoms with van der Waals surface area (Å²) in [5, 5.41) is 2.48. The summed E-state index contributed by atoms with van der Waals surface area (Å²) in [7, 11) is 1.23. The van der Waals surface area contributed by atoms with E-state index >= 15 is 0 Å². The molecule has 1 fully saturated rings. The Morgan fingerprint density at radius 3 is 2.33 bits per heavy atom. The number of likely N-dealkylation sites (tertiary alicyclic amines) is 1. The molecule has 5 rings (SSSR count). The van der Waals surface area contributed by atoms with E-state index in [9.17, 15) is 19.2 Å². The minimum absolute atomic E-state index is 0.0405. The lowest BCUT2D eigenvalue weighted by Crippen LogP contribution is -2.36. The first-order chi connectivity index (χ1) is 20.1. The number of fused-ring (bicyclic) bond motifs is 1. The summed E-state index contributed by atoms with van der Waals surface area (Å²) in [6.45, 7) is 5.75. The molecule has 218 valence electrons. The van der Waals surface area contributed by atoms with Gasteiger partial charge in [-0.15, -0.1) is 0 Å². The lowest BCUT2D eigenvalue weighted by atomic mass is 10.1. The number of nitrogens with zero attached hydrogens (tertiary/aromatic N) is 4. The molecule has 1 aliphatic rings. The number of imidazole rings is 1. The van der Waals surface area contributed by atoms with E-state index < -0.39 is 29.6 Å². The average molecular weight is 572 g/mol. The summed E-state index contributed by atoms with van der Waals surface area (Å²) >= 11 is 0. The van der Waals surface area contributed by atoms with Crippen molar-refractivity contribution in [2.24, 2.45) is 0 Å². The molecule has 2 aromatic carbocycles. The van der Waals surface area contributed by atoms with Crippen molar-refractivity contribution in [3.63, 3.8) is 0 Å². The number of carbonyl (C=O) groups excluding carboxylic acids is 3. The molecule has 0 spiro atoms. The van der Waals surface area contributed by atoms with Crippen LogP contribution in [0, 0.1) is 0 Å². The third kappa shape index (κ3) is 5.90. The number of benzene rings is 2. The zero-order valence-corrected chi connectivity index (χ0v) is 24.0. The van der Waals surface area contributed by atoms with Crippen LogP contribution < -0.4 is 11.0 Å². The van der Waals surface area contributed by atoms with Crippen LogP contribution in [-0.4, -0.2) is 69.3 Å². The van der Waals surface area contributed by atoms with Gasteiger partial charge < -0.3 is 19.7 Å². The van der Waals surface area contributed by atoms with Gasteiger partial charge in [0, 0.05) is 13.1 Å². The highest BCUT2D eigenvalue weighted by Gasteiger charge is 2.33. The number of esters is 1. The predicted molar refractivity (Wildman–Crippen MR) is 157 cm³/mol. The van der Waals surface area contributed by atoms with Gasteiger partial charge in [0.1, 0.15) is 17.8 Å². The van der Waals surface area contributed by atoms with Crippen LogP contribution in [0.3, 0.4) is 0 Å². The van der Waals surface area contributed by atoms with Crippen molar-refractivity contribution < 1.29 is 23.9 Å². The largest absolute Gasteiger partial charge is 0.468 e. The minimum Gasteiger partial charge on any atom is -0.468 e. The number of nitrogens with one attached hydrogen (secondary N) is 1. The van der Waals surface area contributed by atoms with Crippen LogP contribution in [0.4, 0.5) is 4.79 Å². The molecule has 1 saturated heterocycles. The molecule has 0 saturated carbocycles. The molecule has 2 aromatic heterocycles. The Labute approximate surface area is 242 Å². The van der Waals surface area contributed by atoms with E-state index in [1.807, 2.05) is 54.6 Å². The van der Waals surface area contributed by atoms with Gasteiger partial charge in [-0.3, -0.25) is 18.7 Å². The van der Waals surface area contributed by atoms with Gasteiger partial charge in [-0.1, -0.05) is 42.5 Å². The van der Waals surface area contributed by atoms with Gasteiger partial charge >= 0.3 is 17.8 Å². The fourth-order valence-electron chi connectivity index (χ4n) is 4.99. The highest BCUT2D eigenvalue weighted by molar-refractivity contribution is 5.96. The molecule has 4 aromatic rings. The molecule has 0 unspecified atom stereocenters. The number of hydrogen-bond acceptors (Lipinski definition) is 7. The van der Waals surface area contributed by atoms with Gasteiger partial charge in [0.05, 0.1) is 24.4 Å². The lowest BCUT2D eigenvalue weighted by Gasteiger charge is -2.24. The molecule has 0 aliphatic carbocycles. The number of hydrogen-bond donors (Lipinski definition) is 1. The second kappa shape index (κ2) is 11.5. The Bertz CT molecular complexity index is 1690. The summed E-state index contributed by atoms with van der Waals surface area (Å²) in [6, 6.07) is 20.3. The van der Waals surface area contributed by atoms with Crippen LogP contribution in [0.25, 0.3) is 28.0 Å². The molecule has 1 N–H and O–H groups in total. The molecular formula is C31H33N5O6. The molecule has 3 heterocycles. The fourth-order valence-corrected chi connectivity index (χ4v) is 4.99. The smallest absolute Gasteiger partial charge is 0.410 e. The molecule has 0 radical (unpaired) electrons. The van der Waals surface area contributed by atoms with E-state index in [0.717, 1.165) is 11.1 Å². The highest BCUT2D eigenvalue weighted by Crippen LogP contribution is 2.28.